The van der Waals surface area contributed by atoms with E-state index in [2.05, 4.69) is 0 Å². The molecule has 0 bridgehead atoms. The molecule has 2 amide bonds. The zero-order chi connectivity index (χ0) is 16.7. The van der Waals surface area contributed by atoms with E-state index in [9.17, 15) is 14.4 Å². The lowest BCUT2D eigenvalue weighted by Crippen LogP contribution is -2.35. The zero-order valence-electron chi connectivity index (χ0n) is 12.6. The molecule has 1 saturated heterocycles. The Morgan fingerprint density at radius 3 is 1.96 bits per heavy atom. The number of hydroxylamine groups is 2. The normalized spacial score (nSPS) is 16.4. The summed E-state index contributed by atoms with van der Waals surface area (Å²) in [7, 11) is 0. The quantitative estimate of drug-likeness (QED) is 0.794. The first-order valence-corrected chi connectivity index (χ1v) is 7.58. The van der Waals surface area contributed by atoms with Crippen LogP contribution in [0.3, 0.4) is 0 Å². The first-order chi connectivity index (χ1) is 11.6. The van der Waals surface area contributed by atoms with E-state index in [0.717, 1.165) is 0 Å². The maximum atomic E-state index is 12.7. The van der Waals surface area contributed by atoms with Gasteiger partial charge in [-0.1, -0.05) is 36.4 Å². The Morgan fingerprint density at radius 1 is 0.917 bits per heavy atom. The van der Waals surface area contributed by atoms with E-state index in [1.165, 1.54) is 0 Å². The Kier molecular flexibility index (Phi) is 3.30. The van der Waals surface area contributed by atoms with Crippen molar-refractivity contribution < 1.29 is 24.0 Å². The Balaban J connectivity index is 1.73. The van der Waals surface area contributed by atoms with Gasteiger partial charge in [0, 0.05) is 24.0 Å². The van der Waals surface area contributed by atoms with Crippen LogP contribution in [-0.2, 0) is 19.2 Å². The van der Waals surface area contributed by atoms with Gasteiger partial charge in [-0.3, -0.25) is 9.59 Å². The summed E-state index contributed by atoms with van der Waals surface area (Å²) in [5.41, 5.74) is 1.28. The maximum absolute atomic E-state index is 12.7. The molecule has 0 unspecified atom stereocenters. The van der Waals surface area contributed by atoms with E-state index in [1.807, 2.05) is 12.1 Å². The molecule has 24 heavy (non-hydrogen) atoms. The molecule has 2 aliphatic heterocycles. The SMILES string of the molecule is O=C(ON1C(=O)CCC1=O)C1c2ccccc2Oc2ccccc21. The highest BCUT2D eigenvalue weighted by molar-refractivity contribution is 6.02. The van der Waals surface area contributed by atoms with Crippen molar-refractivity contribution in [3.8, 4) is 11.5 Å². The zero-order valence-corrected chi connectivity index (χ0v) is 12.6. The minimum absolute atomic E-state index is 0.0626. The number of para-hydroxylation sites is 2. The topological polar surface area (TPSA) is 72.9 Å². The molecule has 6 heteroatoms. The summed E-state index contributed by atoms with van der Waals surface area (Å²) in [4.78, 5) is 41.3. The van der Waals surface area contributed by atoms with Gasteiger partial charge >= 0.3 is 5.97 Å². The second-order valence-corrected chi connectivity index (χ2v) is 5.60. The fraction of sp³-hybridized carbons (Fsp3) is 0.167. The number of ether oxygens (including phenoxy) is 1. The molecule has 0 aromatic heterocycles. The molecular weight excluding hydrogens is 310 g/mol. The summed E-state index contributed by atoms with van der Waals surface area (Å²) in [6.45, 7) is 0. The van der Waals surface area contributed by atoms with E-state index < -0.39 is 23.7 Å². The van der Waals surface area contributed by atoms with Crippen LogP contribution >= 0.6 is 0 Å². The lowest BCUT2D eigenvalue weighted by Gasteiger charge is -2.27. The van der Waals surface area contributed by atoms with Crippen molar-refractivity contribution in [2.24, 2.45) is 0 Å². The van der Waals surface area contributed by atoms with Crippen molar-refractivity contribution in [1.82, 2.24) is 5.06 Å². The van der Waals surface area contributed by atoms with Crippen LogP contribution in [0.4, 0.5) is 0 Å². The van der Waals surface area contributed by atoms with E-state index in [4.69, 9.17) is 9.57 Å². The van der Waals surface area contributed by atoms with Crippen molar-refractivity contribution in [2.75, 3.05) is 0 Å². The highest BCUT2D eigenvalue weighted by Crippen LogP contribution is 2.44. The van der Waals surface area contributed by atoms with Crippen molar-refractivity contribution in [3.63, 3.8) is 0 Å². The van der Waals surface area contributed by atoms with Gasteiger partial charge in [0.1, 0.15) is 17.4 Å². The number of nitrogens with zero attached hydrogens (tertiary/aromatic N) is 1. The molecule has 2 aliphatic rings. The molecule has 0 aliphatic carbocycles. The number of carbonyl (C=O) groups excluding carboxylic acids is 3. The predicted octanol–water partition coefficient (Wildman–Crippen LogP) is 2.53. The molecule has 2 heterocycles. The first-order valence-electron chi connectivity index (χ1n) is 7.58. The second-order valence-electron chi connectivity index (χ2n) is 5.60. The Bertz CT molecular complexity index is 798. The average Bonchev–Trinajstić information content (AvgIpc) is 2.91. The number of carbonyl (C=O) groups is 3. The summed E-state index contributed by atoms with van der Waals surface area (Å²) in [5, 5.41) is 0.572. The van der Waals surface area contributed by atoms with Crippen molar-refractivity contribution >= 4 is 17.8 Å². The van der Waals surface area contributed by atoms with Gasteiger partial charge in [-0.2, -0.15) is 0 Å². The monoisotopic (exact) mass is 323 g/mol. The van der Waals surface area contributed by atoms with E-state index in [-0.39, 0.29) is 12.8 Å². The molecule has 0 radical (unpaired) electrons. The van der Waals surface area contributed by atoms with Crippen LogP contribution in [0.5, 0.6) is 11.5 Å². The molecule has 2 aromatic carbocycles. The van der Waals surface area contributed by atoms with Gasteiger partial charge in [-0.25, -0.2) is 4.79 Å². The Hall–Kier alpha value is -3.15. The van der Waals surface area contributed by atoms with Gasteiger partial charge in [-0.15, -0.1) is 5.06 Å². The molecule has 1 fully saturated rings. The summed E-state index contributed by atoms with van der Waals surface area (Å²) in [5.74, 6) is -1.33. The lowest BCUT2D eigenvalue weighted by atomic mass is 9.88. The van der Waals surface area contributed by atoms with Crippen molar-refractivity contribution in [2.45, 2.75) is 18.8 Å². The molecule has 2 aromatic rings. The minimum Gasteiger partial charge on any atom is -0.457 e. The fourth-order valence-electron chi connectivity index (χ4n) is 2.96. The third-order valence-corrected chi connectivity index (χ3v) is 4.10. The van der Waals surface area contributed by atoms with E-state index in [1.54, 1.807) is 36.4 Å². The summed E-state index contributed by atoms with van der Waals surface area (Å²) >= 11 is 0. The molecule has 0 spiro atoms. The molecular formula is C18H13NO5. The standard InChI is InChI=1S/C18H13NO5/c20-15-9-10-16(21)19(15)24-18(22)17-11-5-1-3-7-13(11)23-14-8-4-2-6-12(14)17/h1-8,17H,9-10H2. The van der Waals surface area contributed by atoms with Crippen LogP contribution in [0.25, 0.3) is 0 Å². The summed E-state index contributed by atoms with van der Waals surface area (Å²) < 4.78 is 5.81. The van der Waals surface area contributed by atoms with Crippen LogP contribution in [0.1, 0.15) is 29.9 Å². The maximum Gasteiger partial charge on any atom is 0.345 e. The summed E-state index contributed by atoms with van der Waals surface area (Å²) in [6, 6.07) is 14.3. The molecule has 0 N–H and O–H groups in total. The Morgan fingerprint density at radius 2 is 1.42 bits per heavy atom. The van der Waals surface area contributed by atoms with Gasteiger partial charge in [0.2, 0.25) is 0 Å². The third-order valence-electron chi connectivity index (χ3n) is 4.10. The molecule has 0 saturated carbocycles. The number of hydrogen-bond acceptors (Lipinski definition) is 5. The van der Waals surface area contributed by atoms with E-state index >= 15 is 0 Å². The van der Waals surface area contributed by atoms with Gasteiger partial charge in [0.15, 0.2) is 0 Å². The number of benzene rings is 2. The number of hydrogen-bond donors (Lipinski definition) is 0. The van der Waals surface area contributed by atoms with Gasteiger partial charge < -0.3 is 9.57 Å². The van der Waals surface area contributed by atoms with Crippen LogP contribution in [0.15, 0.2) is 48.5 Å². The van der Waals surface area contributed by atoms with Gasteiger partial charge in [0.25, 0.3) is 11.8 Å². The number of amides is 2. The van der Waals surface area contributed by atoms with Gasteiger partial charge in [-0.05, 0) is 12.1 Å². The van der Waals surface area contributed by atoms with E-state index in [0.29, 0.717) is 27.7 Å². The van der Waals surface area contributed by atoms with Crippen LogP contribution in [-0.4, -0.2) is 22.8 Å². The second kappa shape index (κ2) is 5.49. The van der Waals surface area contributed by atoms with Gasteiger partial charge in [0.05, 0.1) is 0 Å². The summed E-state index contributed by atoms with van der Waals surface area (Å²) in [6.07, 6.45) is 0.125. The van der Waals surface area contributed by atoms with Crippen LogP contribution in [0.2, 0.25) is 0 Å². The average molecular weight is 323 g/mol. The molecule has 120 valence electrons. The highest BCUT2D eigenvalue weighted by atomic mass is 16.7. The van der Waals surface area contributed by atoms with Crippen LogP contribution in [0, 0.1) is 0 Å². The smallest absolute Gasteiger partial charge is 0.345 e. The fourth-order valence-corrected chi connectivity index (χ4v) is 2.96. The van der Waals surface area contributed by atoms with Crippen LogP contribution < -0.4 is 4.74 Å². The molecule has 0 atom stereocenters. The number of rotatable bonds is 2. The number of fused-ring (bicyclic) bond motifs is 2. The predicted molar refractivity (Wildman–Crippen MR) is 82.0 cm³/mol. The third kappa shape index (κ3) is 2.23. The first kappa shape index (κ1) is 14.4. The Labute approximate surface area is 137 Å². The molecule has 6 nitrogen and oxygen atoms in total. The minimum atomic E-state index is -0.757. The van der Waals surface area contributed by atoms with Crippen molar-refractivity contribution in [1.29, 1.82) is 0 Å². The number of imide groups is 1. The van der Waals surface area contributed by atoms with Crippen molar-refractivity contribution in [3.05, 3.63) is 59.7 Å². The lowest BCUT2D eigenvalue weighted by molar-refractivity contribution is -0.198. The molecule has 4 rings (SSSR count). The highest BCUT2D eigenvalue weighted by Gasteiger charge is 2.39. The largest absolute Gasteiger partial charge is 0.457 e.